The molecule has 30 heavy (non-hydrogen) atoms. The molecule has 0 aliphatic carbocycles. The number of rotatable bonds is 4. The van der Waals surface area contributed by atoms with Crippen LogP contribution in [-0.2, 0) is 14.8 Å². The van der Waals surface area contributed by atoms with E-state index in [-0.39, 0.29) is 40.9 Å². The lowest BCUT2D eigenvalue weighted by Gasteiger charge is -2.34. The predicted octanol–water partition coefficient (Wildman–Crippen LogP) is 4.51. The zero-order valence-electron chi connectivity index (χ0n) is 15.8. The first-order valence-electron chi connectivity index (χ1n) is 9.32. The average Bonchev–Trinajstić information content (AvgIpc) is 3.08. The highest BCUT2D eigenvalue weighted by molar-refractivity contribution is 8.14. The normalized spacial score (nSPS) is 18.9. The van der Waals surface area contributed by atoms with Crippen LogP contribution in [0, 0.1) is 0 Å². The van der Waals surface area contributed by atoms with Crippen molar-refractivity contribution in [2.75, 3.05) is 18.8 Å². The number of carbonyl (C=O) groups excluding carboxylic acids is 2. The first-order valence-corrected chi connectivity index (χ1v) is 12.5. The smallest absolute Gasteiger partial charge is 0.273 e. The Balaban J connectivity index is 1.47. The summed E-state index contributed by atoms with van der Waals surface area (Å²) in [6.45, 7) is 0.534. The fraction of sp³-hybridized carbons (Fsp3) is 0.300. The number of carbonyl (C=O) groups is 2. The minimum absolute atomic E-state index is 0.169. The van der Waals surface area contributed by atoms with Gasteiger partial charge < -0.3 is 0 Å². The van der Waals surface area contributed by atoms with Gasteiger partial charge in [0.2, 0.25) is 15.9 Å². The number of hydrogen-bond acceptors (Lipinski definition) is 5. The van der Waals surface area contributed by atoms with Crippen LogP contribution < -0.4 is 0 Å². The van der Waals surface area contributed by atoms with Gasteiger partial charge in [-0.25, -0.2) is 8.42 Å². The highest BCUT2D eigenvalue weighted by Crippen LogP contribution is 2.31. The molecule has 2 aromatic rings. The number of benzene rings is 2. The SMILES string of the molecule is O=C1CSC(=O)N1C1CCN(S(=O)(=O)c2ccc(-c3ccc(Cl)c(Cl)c3)cc2)CC1. The zero-order valence-corrected chi connectivity index (χ0v) is 18.9. The lowest BCUT2D eigenvalue weighted by molar-refractivity contribution is -0.126. The van der Waals surface area contributed by atoms with Crippen LogP contribution in [0.1, 0.15) is 12.8 Å². The molecule has 2 saturated heterocycles. The molecule has 10 heteroatoms. The summed E-state index contributed by atoms with van der Waals surface area (Å²) >= 11 is 13.0. The average molecular weight is 485 g/mol. The van der Waals surface area contributed by atoms with Crippen LogP contribution in [0.4, 0.5) is 4.79 Å². The molecule has 0 radical (unpaired) electrons. The molecule has 0 saturated carbocycles. The van der Waals surface area contributed by atoms with Crippen molar-refractivity contribution in [1.29, 1.82) is 0 Å². The fourth-order valence-corrected chi connectivity index (χ4v) is 6.25. The lowest BCUT2D eigenvalue weighted by Crippen LogP contribution is -2.48. The maximum atomic E-state index is 13.0. The van der Waals surface area contributed by atoms with E-state index in [1.54, 1.807) is 36.4 Å². The first-order chi connectivity index (χ1) is 14.3. The summed E-state index contributed by atoms with van der Waals surface area (Å²) in [5, 5.41) is 0.653. The van der Waals surface area contributed by atoms with Gasteiger partial charge in [0, 0.05) is 19.1 Å². The Labute approximate surface area is 189 Å². The molecule has 0 N–H and O–H groups in total. The van der Waals surface area contributed by atoms with E-state index in [1.165, 1.54) is 9.21 Å². The molecule has 2 aliphatic heterocycles. The first kappa shape index (κ1) is 21.6. The second-order valence-corrected chi connectivity index (χ2v) is 10.8. The summed E-state index contributed by atoms with van der Waals surface area (Å²) in [7, 11) is -3.66. The summed E-state index contributed by atoms with van der Waals surface area (Å²) in [6, 6.07) is 11.6. The standard InChI is InChI=1S/C20H18Cl2N2O4S2/c21-17-6-3-14(11-18(17)22)13-1-4-16(5-2-13)30(27,28)23-9-7-15(8-10-23)24-19(25)12-29-20(24)26/h1-6,11,15H,7-10,12H2. The summed E-state index contributed by atoms with van der Waals surface area (Å²) in [5.74, 6) is -0.0214. The maximum Gasteiger partial charge on any atom is 0.289 e. The van der Waals surface area contributed by atoms with Crippen molar-refractivity contribution < 1.29 is 18.0 Å². The molecule has 0 atom stereocenters. The molecular formula is C20H18Cl2N2O4S2. The number of amides is 2. The lowest BCUT2D eigenvalue weighted by atomic mass is 10.1. The van der Waals surface area contributed by atoms with Gasteiger partial charge in [-0.05, 0) is 48.2 Å². The number of thioether (sulfide) groups is 1. The Kier molecular flexibility index (Phi) is 6.14. The van der Waals surface area contributed by atoms with Crippen LogP contribution in [0.2, 0.25) is 10.0 Å². The summed E-state index contributed by atoms with van der Waals surface area (Å²) in [6.07, 6.45) is 0.886. The maximum absolute atomic E-state index is 13.0. The predicted molar refractivity (Wildman–Crippen MR) is 118 cm³/mol. The Hall–Kier alpha value is -1.58. The van der Waals surface area contributed by atoms with Gasteiger partial charge in [0.1, 0.15) is 0 Å². The molecule has 2 aromatic carbocycles. The van der Waals surface area contributed by atoms with E-state index in [4.69, 9.17) is 23.2 Å². The van der Waals surface area contributed by atoms with Gasteiger partial charge in [-0.2, -0.15) is 4.31 Å². The van der Waals surface area contributed by atoms with E-state index in [1.807, 2.05) is 6.07 Å². The summed E-state index contributed by atoms with van der Waals surface area (Å²) in [5.41, 5.74) is 1.67. The third kappa shape index (κ3) is 4.11. The minimum Gasteiger partial charge on any atom is -0.273 e. The fourth-order valence-electron chi connectivity index (χ4n) is 3.70. The van der Waals surface area contributed by atoms with E-state index < -0.39 is 10.0 Å². The third-order valence-corrected chi connectivity index (χ3v) is 8.80. The van der Waals surface area contributed by atoms with Gasteiger partial charge in [0.25, 0.3) is 5.24 Å². The van der Waals surface area contributed by atoms with Crippen LogP contribution in [0.5, 0.6) is 0 Å². The van der Waals surface area contributed by atoms with Gasteiger partial charge in [-0.1, -0.05) is 53.2 Å². The van der Waals surface area contributed by atoms with Crippen LogP contribution >= 0.6 is 35.0 Å². The van der Waals surface area contributed by atoms with Crippen molar-refractivity contribution in [3.8, 4) is 11.1 Å². The molecule has 158 valence electrons. The third-order valence-electron chi connectivity index (χ3n) is 5.32. The Morgan fingerprint density at radius 1 is 0.900 bits per heavy atom. The zero-order chi connectivity index (χ0) is 21.5. The summed E-state index contributed by atoms with van der Waals surface area (Å²) < 4.78 is 27.5. The Morgan fingerprint density at radius 3 is 2.10 bits per heavy atom. The molecule has 2 aliphatic rings. The van der Waals surface area contributed by atoms with E-state index in [9.17, 15) is 18.0 Å². The van der Waals surface area contributed by atoms with Crippen LogP contribution in [-0.4, -0.2) is 53.7 Å². The molecule has 2 fully saturated rings. The van der Waals surface area contributed by atoms with E-state index in [0.29, 0.717) is 22.9 Å². The van der Waals surface area contributed by atoms with Crippen molar-refractivity contribution in [3.05, 3.63) is 52.5 Å². The molecule has 6 nitrogen and oxygen atoms in total. The van der Waals surface area contributed by atoms with Crippen molar-refractivity contribution in [1.82, 2.24) is 9.21 Å². The second kappa shape index (κ2) is 8.51. The van der Waals surface area contributed by atoms with Gasteiger partial charge in [0.15, 0.2) is 0 Å². The number of hydrogen-bond donors (Lipinski definition) is 0. The topological polar surface area (TPSA) is 74.8 Å². The highest BCUT2D eigenvalue weighted by atomic mass is 35.5. The Bertz CT molecular complexity index is 1080. The number of halogens is 2. The van der Waals surface area contributed by atoms with Crippen LogP contribution in [0.15, 0.2) is 47.4 Å². The van der Waals surface area contributed by atoms with E-state index in [0.717, 1.165) is 22.9 Å². The quantitative estimate of drug-likeness (QED) is 0.637. The molecule has 4 rings (SSSR count). The molecular weight excluding hydrogens is 467 g/mol. The largest absolute Gasteiger partial charge is 0.289 e. The van der Waals surface area contributed by atoms with E-state index in [2.05, 4.69) is 0 Å². The molecule has 0 spiro atoms. The minimum atomic E-state index is -3.66. The van der Waals surface area contributed by atoms with Gasteiger partial charge in [-0.15, -0.1) is 0 Å². The van der Waals surface area contributed by atoms with Gasteiger partial charge in [0.05, 0.1) is 20.7 Å². The number of piperidine rings is 1. The molecule has 0 aromatic heterocycles. The Morgan fingerprint density at radius 2 is 1.53 bits per heavy atom. The number of sulfonamides is 1. The molecule has 2 amide bonds. The monoisotopic (exact) mass is 484 g/mol. The molecule has 2 heterocycles. The van der Waals surface area contributed by atoms with Gasteiger partial charge in [-0.3, -0.25) is 14.5 Å². The van der Waals surface area contributed by atoms with Crippen molar-refractivity contribution >= 4 is 56.1 Å². The number of nitrogens with zero attached hydrogens (tertiary/aromatic N) is 2. The second-order valence-electron chi connectivity index (χ2n) is 7.11. The van der Waals surface area contributed by atoms with Crippen molar-refractivity contribution in [3.63, 3.8) is 0 Å². The highest BCUT2D eigenvalue weighted by Gasteiger charge is 2.39. The van der Waals surface area contributed by atoms with Crippen molar-refractivity contribution in [2.45, 2.75) is 23.8 Å². The molecule has 0 bridgehead atoms. The van der Waals surface area contributed by atoms with E-state index >= 15 is 0 Å². The molecule has 0 unspecified atom stereocenters. The van der Waals surface area contributed by atoms with Crippen molar-refractivity contribution in [2.24, 2.45) is 0 Å². The summed E-state index contributed by atoms with van der Waals surface area (Å²) in [4.78, 5) is 25.3. The van der Waals surface area contributed by atoms with Crippen LogP contribution in [0.3, 0.4) is 0 Å². The van der Waals surface area contributed by atoms with Crippen LogP contribution in [0.25, 0.3) is 11.1 Å². The number of imide groups is 1. The van der Waals surface area contributed by atoms with Gasteiger partial charge >= 0.3 is 0 Å².